The van der Waals surface area contributed by atoms with Crippen molar-refractivity contribution in [3.05, 3.63) is 107 Å². The molecule has 176 valence electrons. The second kappa shape index (κ2) is 7.36. The highest BCUT2D eigenvalue weighted by molar-refractivity contribution is 5.98. The minimum atomic E-state index is -4.76. The number of fused-ring (bicyclic) bond motifs is 2. The van der Waals surface area contributed by atoms with Crippen LogP contribution in [0.3, 0.4) is 0 Å². The third kappa shape index (κ3) is 3.26. The van der Waals surface area contributed by atoms with Crippen LogP contribution in [0.15, 0.2) is 67.7 Å². The van der Waals surface area contributed by atoms with Crippen molar-refractivity contribution in [3.8, 4) is 16.8 Å². The average molecular weight is 478 g/mol. The van der Waals surface area contributed by atoms with Gasteiger partial charge in [0.15, 0.2) is 0 Å². The maximum atomic E-state index is 14.1. The molecule has 0 saturated heterocycles. The van der Waals surface area contributed by atoms with Crippen molar-refractivity contribution in [1.29, 1.82) is 0 Å². The molecule has 0 aliphatic heterocycles. The van der Waals surface area contributed by atoms with Gasteiger partial charge in [-0.25, -0.2) is 4.57 Å². The zero-order chi connectivity index (χ0) is 25.4. The third-order valence-electron chi connectivity index (χ3n) is 6.33. The fraction of sp³-hybridized carbons (Fsp3) is 0.154. The second-order valence-electron chi connectivity index (χ2n) is 8.60. The van der Waals surface area contributed by atoms with Crippen LogP contribution in [0.5, 0.6) is 0 Å². The number of aryl methyl sites for hydroxylation is 2. The molecule has 6 nitrogen and oxygen atoms in total. The predicted molar refractivity (Wildman–Crippen MR) is 127 cm³/mol. The largest absolute Gasteiger partial charge is 0.417 e. The Labute approximate surface area is 194 Å². The van der Waals surface area contributed by atoms with Gasteiger partial charge in [-0.15, -0.1) is 0 Å². The molecule has 0 spiro atoms. The van der Waals surface area contributed by atoms with Crippen LogP contribution in [0.4, 0.5) is 13.2 Å². The fourth-order valence-electron chi connectivity index (χ4n) is 4.59. The summed E-state index contributed by atoms with van der Waals surface area (Å²) >= 11 is 0. The van der Waals surface area contributed by atoms with E-state index in [-0.39, 0.29) is 32.8 Å². The van der Waals surface area contributed by atoms with Gasteiger partial charge in [-0.3, -0.25) is 23.7 Å². The van der Waals surface area contributed by atoms with E-state index in [2.05, 4.69) is 0 Å². The summed E-state index contributed by atoms with van der Waals surface area (Å²) in [5.41, 5.74) is -2.37. The number of aromatic nitrogens is 2. The van der Waals surface area contributed by atoms with Crippen LogP contribution in [-0.2, 0) is 13.2 Å². The molecule has 9 heteroatoms. The lowest BCUT2D eigenvalue weighted by molar-refractivity contribution is -0.137. The van der Waals surface area contributed by atoms with E-state index in [9.17, 15) is 32.3 Å². The molecule has 0 fully saturated rings. The molecule has 5 aromatic rings. The molecule has 0 N–H and O–H groups in total. The molecular weight excluding hydrogens is 461 g/mol. The van der Waals surface area contributed by atoms with Gasteiger partial charge in [-0.05, 0) is 54.8 Å². The van der Waals surface area contributed by atoms with Crippen LogP contribution in [0, 0.1) is 13.8 Å². The first-order valence-corrected chi connectivity index (χ1v) is 10.6. The van der Waals surface area contributed by atoms with Crippen LogP contribution < -0.4 is 22.2 Å². The first-order valence-electron chi connectivity index (χ1n) is 10.6. The molecule has 0 amide bonds. The van der Waals surface area contributed by atoms with Crippen molar-refractivity contribution >= 4 is 21.5 Å². The minimum absolute atomic E-state index is 0.0274. The summed E-state index contributed by atoms with van der Waals surface area (Å²) in [5, 5.41) is -0.338. The van der Waals surface area contributed by atoms with Crippen LogP contribution in [-0.4, -0.2) is 9.13 Å². The van der Waals surface area contributed by atoms with E-state index in [1.165, 1.54) is 19.2 Å². The van der Waals surface area contributed by atoms with Crippen molar-refractivity contribution in [1.82, 2.24) is 9.13 Å². The zero-order valence-corrected chi connectivity index (χ0v) is 18.8. The molecule has 0 atom stereocenters. The molecule has 0 radical (unpaired) electrons. The number of alkyl halides is 3. The maximum absolute atomic E-state index is 14.1. The fourth-order valence-corrected chi connectivity index (χ4v) is 4.59. The van der Waals surface area contributed by atoms with Gasteiger partial charge in [-0.2, -0.15) is 13.2 Å². The number of nitrogens with zero attached hydrogens (tertiary/aromatic N) is 2. The monoisotopic (exact) mass is 478 g/mol. The lowest BCUT2D eigenvalue weighted by Crippen LogP contribution is -2.24. The summed E-state index contributed by atoms with van der Waals surface area (Å²) in [4.78, 5) is 50.8. The molecule has 0 aliphatic rings. The van der Waals surface area contributed by atoms with Gasteiger partial charge in [0, 0.05) is 7.05 Å². The predicted octanol–water partition coefficient (Wildman–Crippen LogP) is 3.74. The van der Waals surface area contributed by atoms with Gasteiger partial charge >= 0.3 is 6.18 Å². The van der Waals surface area contributed by atoms with Crippen molar-refractivity contribution in [2.45, 2.75) is 20.0 Å². The van der Waals surface area contributed by atoms with Crippen molar-refractivity contribution in [2.24, 2.45) is 7.05 Å². The Bertz CT molecular complexity index is 1820. The SMILES string of the molecule is Cc1ccc(-c2ccc(-n3c(=O)c4cc5c(=O)n(C)c(=O)c5cc4c3=O)cc2C(F)(F)F)c(C)c1. The highest BCUT2D eigenvalue weighted by Gasteiger charge is 2.35. The Hall–Kier alpha value is -4.27. The Balaban J connectivity index is 1.80. The molecule has 2 heterocycles. The topological polar surface area (TPSA) is 78.1 Å². The van der Waals surface area contributed by atoms with E-state index in [0.717, 1.165) is 28.3 Å². The van der Waals surface area contributed by atoms with E-state index in [1.807, 2.05) is 6.92 Å². The Morgan fingerprint density at radius 1 is 0.657 bits per heavy atom. The summed E-state index contributed by atoms with van der Waals surface area (Å²) in [6, 6.07) is 10.7. The van der Waals surface area contributed by atoms with Crippen molar-refractivity contribution < 1.29 is 13.2 Å². The first kappa shape index (κ1) is 22.5. The number of halogens is 3. The summed E-state index contributed by atoms with van der Waals surface area (Å²) < 4.78 is 43.8. The minimum Gasteiger partial charge on any atom is -0.277 e. The maximum Gasteiger partial charge on any atom is 0.417 e. The number of benzene rings is 3. The molecule has 2 aromatic heterocycles. The van der Waals surface area contributed by atoms with Crippen LogP contribution in [0.2, 0.25) is 0 Å². The van der Waals surface area contributed by atoms with Crippen molar-refractivity contribution in [2.75, 3.05) is 0 Å². The summed E-state index contributed by atoms with van der Waals surface area (Å²) in [5.74, 6) is 0. The number of hydrogen-bond donors (Lipinski definition) is 0. The van der Waals surface area contributed by atoms with Gasteiger partial charge in [0.05, 0.1) is 32.8 Å². The molecular formula is C26H17F3N2O4. The number of hydrogen-bond acceptors (Lipinski definition) is 4. The summed E-state index contributed by atoms with van der Waals surface area (Å²) in [7, 11) is 1.28. The smallest absolute Gasteiger partial charge is 0.277 e. The highest BCUT2D eigenvalue weighted by Crippen LogP contribution is 2.39. The van der Waals surface area contributed by atoms with Gasteiger partial charge in [0.2, 0.25) is 0 Å². The summed E-state index contributed by atoms with van der Waals surface area (Å²) in [6.45, 7) is 3.54. The second-order valence-corrected chi connectivity index (χ2v) is 8.60. The molecule has 35 heavy (non-hydrogen) atoms. The van der Waals surface area contributed by atoms with Crippen LogP contribution >= 0.6 is 0 Å². The first-order chi connectivity index (χ1) is 16.4. The lowest BCUT2D eigenvalue weighted by atomic mass is 9.94. The third-order valence-corrected chi connectivity index (χ3v) is 6.33. The van der Waals surface area contributed by atoms with Gasteiger partial charge in [0.25, 0.3) is 22.2 Å². The molecule has 5 rings (SSSR count). The number of rotatable bonds is 2. The van der Waals surface area contributed by atoms with Crippen molar-refractivity contribution in [3.63, 3.8) is 0 Å². The van der Waals surface area contributed by atoms with E-state index in [4.69, 9.17) is 0 Å². The Morgan fingerprint density at radius 2 is 1.17 bits per heavy atom. The quantitative estimate of drug-likeness (QED) is 0.387. The van der Waals surface area contributed by atoms with E-state index >= 15 is 0 Å². The lowest BCUT2D eigenvalue weighted by Gasteiger charge is -2.16. The molecule has 0 aliphatic carbocycles. The van der Waals surface area contributed by atoms with E-state index < -0.39 is 34.0 Å². The van der Waals surface area contributed by atoms with Crippen LogP contribution in [0.1, 0.15) is 16.7 Å². The van der Waals surface area contributed by atoms with E-state index in [0.29, 0.717) is 15.7 Å². The highest BCUT2D eigenvalue weighted by atomic mass is 19.4. The molecule has 0 bridgehead atoms. The zero-order valence-electron chi connectivity index (χ0n) is 18.8. The summed E-state index contributed by atoms with van der Waals surface area (Å²) in [6.07, 6.45) is -4.76. The van der Waals surface area contributed by atoms with Gasteiger partial charge < -0.3 is 0 Å². The Morgan fingerprint density at radius 3 is 1.69 bits per heavy atom. The normalized spacial score (nSPS) is 12.2. The molecule has 0 saturated carbocycles. The van der Waals surface area contributed by atoms with Gasteiger partial charge in [0.1, 0.15) is 0 Å². The van der Waals surface area contributed by atoms with Gasteiger partial charge in [-0.1, -0.05) is 29.8 Å². The molecule has 0 unspecified atom stereocenters. The average Bonchev–Trinajstić information content (AvgIpc) is 3.16. The standard InChI is InChI=1S/C26H17F3N2O4/c1-12-4-6-15(13(2)8-12)16-7-5-14(9-21(16)26(27,28)29)31-24(34)19-10-17-18(11-20(19)25(31)35)23(33)30(3)22(17)32/h4-11H,1-3H3. The van der Waals surface area contributed by atoms with E-state index in [1.54, 1.807) is 25.1 Å². The van der Waals surface area contributed by atoms with Crippen LogP contribution in [0.25, 0.3) is 38.4 Å². The molecule has 3 aromatic carbocycles. The Kier molecular flexibility index (Phi) is 4.74.